The summed E-state index contributed by atoms with van der Waals surface area (Å²) in [5, 5.41) is 5.50. The summed E-state index contributed by atoms with van der Waals surface area (Å²) in [6.45, 7) is 8.45. The van der Waals surface area contributed by atoms with E-state index in [1.165, 1.54) is 0 Å². The van der Waals surface area contributed by atoms with Gasteiger partial charge in [-0.2, -0.15) is 0 Å². The first-order valence-electron chi connectivity index (χ1n) is 4.34. The van der Waals surface area contributed by atoms with Gasteiger partial charge in [0.2, 0.25) is 0 Å². The second-order valence-corrected chi connectivity index (χ2v) is 5.93. The van der Waals surface area contributed by atoms with E-state index in [2.05, 4.69) is 6.72 Å². The molecule has 0 bridgehead atoms. The topological polar surface area (TPSA) is 46.9 Å². The van der Waals surface area contributed by atoms with E-state index in [0.717, 1.165) is 4.90 Å². The number of hydrogen-bond donors (Lipinski definition) is 1. The van der Waals surface area contributed by atoms with Crippen molar-refractivity contribution in [1.82, 2.24) is 0 Å². The van der Waals surface area contributed by atoms with Gasteiger partial charge >= 0.3 is 0 Å². The molecular weight excluding hydrogens is 194 g/mol. The third kappa shape index (κ3) is 3.94. The van der Waals surface area contributed by atoms with Crippen molar-refractivity contribution in [1.29, 1.82) is 5.41 Å². The fourth-order valence-electron chi connectivity index (χ4n) is 0.898. The van der Waals surface area contributed by atoms with Crippen LogP contribution < -0.4 is 0 Å². The van der Waals surface area contributed by atoms with E-state index in [1.54, 1.807) is 0 Å². The molecule has 1 unspecified atom stereocenters. The summed E-state index contributed by atoms with van der Waals surface area (Å²) in [6.07, 6.45) is 0. The smallest absolute Gasteiger partial charge is 0.153 e. The van der Waals surface area contributed by atoms with E-state index in [-0.39, 0.29) is 4.75 Å². The van der Waals surface area contributed by atoms with Gasteiger partial charge in [-0.25, -0.2) is 0 Å². The maximum Gasteiger partial charge on any atom is 0.153 e. The van der Waals surface area contributed by atoms with Crippen molar-refractivity contribution in [2.75, 3.05) is 0 Å². The number of nitrogens with one attached hydrogen (secondary N) is 1. The van der Waals surface area contributed by atoms with E-state index < -0.39 is 11.2 Å². The number of rotatable bonds is 1. The maximum absolute atomic E-state index is 11.8. The van der Waals surface area contributed by atoms with Crippen LogP contribution in [-0.4, -0.2) is 16.0 Å². The molecule has 0 amide bonds. The molecule has 3 heteroatoms. The zero-order valence-corrected chi connectivity index (χ0v) is 9.73. The Morgan fingerprint density at radius 2 is 1.57 bits per heavy atom. The van der Waals surface area contributed by atoms with E-state index in [4.69, 9.17) is 5.41 Å². The molecule has 0 spiro atoms. The fraction of sp³-hybridized carbons (Fsp3) is 0.364. The predicted octanol–water partition coefficient (Wildman–Crippen LogP) is 2.86. The molecule has 1 rings (SSSR count). The zero-order valence-electron chi connectivity index (χ0n) is 8.91. The highest BCUT2D eigenvalue weighted by molar-refractivity contribution is 7.92. The SMILES string of the molecule is C=N.CC(C)(C)[S+]([O-])c1ccccc1. The molecule has 0 aliphatic heterocycles. The first-order valence-corrected chi connectivity index (χ1v) is 5.49. The van der Waals surface area contributed by atoms with Crippen LogP contribution >= 0.6 is 0 Å². The summed E-state index contributed by atoms with van der Waals surface area (Å²) in [5.74, 6) is 0. The van der Waals surface area contributed by atoms with Crippen LogP contribution in [0.1, 0.15) is 20.8 Å². The lowest BCUT2D eigenvalue weighted by Gasteiger charge is -2.23. The summed E-state index contributed by atoms with van der Waals surface area (Å²) in [5.41, 5.74) is 0. The molecule has 0 heterocycles. The molecule has 0 aromatic heterocycles. The van der Waals surface area contributed by atoms with Crippen molar-refractivity contribution in [3.8, 4) is 0 Å². The minimum Gasteiger partial charge on any atom is -0.611 e. The van der Waals surface area contributed by atoms with Gasteiger partial charge in [0.25, 0.3) is 0 Å². The molecule has 14 heavy (non-hydrogen) atoms. The molecule has 0 fully saturated rings. The van der Waals surface area contributed by atoms with Gasteiger partial charge in [0.05, 0.1) is 0 Å². The molecule has 2 nitrogen and oxygen atoms in total. The summed E-state index contributed by atoms with van der Waals surface area (Å²) < 4.78 is 11.6. The van der Waals surface area contributed by atoms with E-state index >= 15 is 0 Å². The van der Waals surface area contributed by atoms with Gasteiger partial charge in [-0.3, -0.25) is 0 Å². The number of hydrogen-bond acceptors (Lipinski definition) is 2. The first kappa shape index (κ1) is 13.2. The van der Waals surface area contributed by atoms with Crippen molar-refractivity contribution >= 4 is 17.9 Å². The largest absolute Gasteiger partial charge is 0.611 e. The number of benzene rings is 1. The lowest BCUT2D eigenvalue weighted by atomic mass is 10.3. The highest BCUT2D eigenvalue weighted by Gasteiger charge is 2.27. The second-order valence-electron chi connectivity index (χ2n) is 3.69. The van der Waals surface area contributed by atoms with Crippen LogP contribution in [0, 0.1) is 5.41 Å². The van der Waals surface area contributed by atoms with Crippen LogP contribution in [0.15, 0.2) is 35.2 Å². The van der Waals surface area contributed by atoms with E-state index in [0.29, 0.717) is 0 Å². The molecular formula is C11H17NOS. The van der Waals surface area contributed by atoms with Gasteiger partial charge in [0.1, 0.15) is 4.75 Å². The third-order valence-corrected chi connectivity index (χ3v) is 3.33. The van der Waals surface area contributed by atoms with Crippen LogP contribution in [0.3, 0.4) is 0 Å². The van der Waals surface area contributed by atoms with E-state index in [1.807, 2.05) is 51.1 Å². The molecule has 0 aliphatic carbocycles. The fourth-order valence-corrected chi connectivity index (χ4v) is 2.01. The van der Waals surface area contributed by atoms with Crippen molar-refractivity contribution in [3.05, 3.63) is 30.3 Å². The molecule has 1 atom stereocenters. The van der Waals surface area contributed by atoms with E-state index in [9.17, 15) is 4.55 Å². The highest BCUT2D eigenvalue weighted by atomic mass is 32.2. The van der Waals surface area contributed by atoms with Crippen molar-refractivity contribution in [2.45, 2.75) is 30.4 Å². The minimum absolute atomic E-state index is 0.165. The minimum atomic E-state index is -0.901. The van der Waals surface area contributed by atoms with Crippen LogP contribution in [0.5, 0.6) is 0 Å². The normalized spacial score (nSPS) is 12.6. The molecule has 78 valence electrons. The molecule has 0 saturated heterocycles. The van der Waals surface area contributed by atoms with Gasteiger partial charge in [0, 0.05) is 0 Å². The van der Waals surface area contributed by atoms with Gasteiger partial charge in [0.15, 0.2) is 4.90 Å². The molecule has 0 saturated carbocycles. The Kier molecular flexibility index (Phi) is 5.50. The Morgan fingerprint density at radius 3 is 1.93 bits per heavy atom. The van der Waals surface area contributed by atoms with Gasteiger partial charge in [-0.05, 0) is 50.8 Å². The Morgan fingerprint density at radius 1 is 1.14 bits per heavy atom. The van der Waals surface area contributed by atoms with Gasteiger partial charge < -0.3 is 9.96 Å². The summed E-state index contributed by atoms with van der Waals surface area (Å²) in [7, 11) is 0. The Hall–Kier alpha value is -0.800. The van der Waals surface area contributed by atoms with Crippen LogP contribution in [-0.2, 0) is 11.2 Å². The highest BCUT2D eigenvalue weighted by Crippen LogP contribution is 2.23. The van der Waals surface area contributed by atoms with Crippen LogP contribution in [0.4, 0.5) is 0 Å². The lowest BCUT2D eigenvalue weighted by Crippen LogP contribution is -2.27. The van der Waals surface area contributed by atoms with Crippen molar-refractivity contribution in [3.63, 3.8) is 0 Å². The van der Waals surface area contributed by atoms with Crippen LogP contribution in [0.25, 0.3) is 0 Å². The molecule has 0 aliphatic rings. The lowest BCUT2D eigenvalue weighted by molar-refractivity contribution is 0.559. The average molecular weight is 211 g/mol. The molecule has 1 aromatic rings. The van der Waals surface area contributed by atoms with Crippen molar-refractivity contribution in [2.24, 2.45) is 0 Å². The second kappa shape index (κ2) is 5.83. The quantitative estimate of drug-likeness (QED) is 0.563. The standard InChI is InChI=1S/C10H14OS.CH3N/c1-10(2,3)12(11)9-7-5-4-6-8-9;1-2/h4-8H,1-3H3;2H,1H2. The van der Waals surface area contributed by atoms with Gasteiger partial charge in [-0.1, -0.05) is 18.2 Å². The Labute approximate surface area is 89.0 Å². The monoisotopic (exact) mass is 211 g/mol. The zero-order chi connectivity index (χ0) is 11.2. The molecule has 0 radical (unpaired) electrons. The summed E-state index contributed by atoms with van der Waals surface area (Å²) >= 11 is -0.901. The Balaban J connectivity index is 0.000000791. The average Bonchev–Trinajstić information content (AvgIpc) is 2.20. The van der Waals surface area contributed by atoms with Crippen molar-refractivity contribution < 1.29 is 4.55 Å². The maximum atomic E-state index is 11.8. The molecule has 1 N–H and O–H groups in total. The first-order chi connectivity index (χ1) is 6.52. The van der Waals surface area contributed by atoms with Gasteiger partial charge in [-0.15, -0.1) is 0 Å². The van der Waals surface area contributed by atoms with Crippen LogP contribution in [0.2, 0.25) is 0 Å². The third-order valence-electron chi connectivity index (χ3n) is 1.51. The summed E-state index contributed by atoms with van der Waals surface area (Å²) in [6, 6.07) is 9.57. The predicted molar refractivity (Wildman–Crippen MR) is 62.4 cm³/mol. The molecule has 1 aromatic carbocycles. The Bertz CT molecular complexity index is 256. The summed E-state index contributed by atoms with van der Waals surface area (Å²) in [4.78, 5) is 0.907.